The summed E-state index contributed by atoms with van der Waals surface area (Å²) in [5.41, 5.74) is 6.69. The molecule has 1 atom stereocenters. The molecule has 2 aromatic rings. The molecule has 0 aliphatic heterocycles. The molecule has 1 unspecified atom stereocenters. The van der Waals surface area contributed by atoms with Crippen LogP contribution >= 0.6 is 27.3 Å². The van der Waals surface area contributed by atoms with E-state index in [0.29, 0.717) is 10.8 Å². The van der Waals surface area contributed by atoms with E-state index in [2.05, 4.69) is 26.2 Å². The first kappa shape index (κ1) is 13.0. The van der Waals surface area contributed by atoms with Crippen molar-refractivity contribution >= 4 is 44.1 Å². The summed E-state index contributed by atoms with van der Waals surface area (Å²) in [6, 6.07) is 6.51. The molecule has 0 fully saturated rings. The number of thiazole rings is 1. The molecule has 0 aliphatic carbocycles. The normalized spacial score (nSPS) is 12.1. The minimum absolute atomic E-state index is 0.349. The highest BCUT2D eigenvalue weighted by atomic mass is 79.9. The second-order valence-electron chi connectivity index (χ2n) is 3.50. The molecule has 0 radical (unpaired) electrons. The number of carboxylic acids is 1. The van der Waals surface area contributed by atoms with Crippen LogP contribution in [0.2, 0.25) is 0 Å². The largest absolute Gasteiger partial charge is 0.480 e. The van der Waals surface area contributed by atoms with Gasteiger partial charge in [-0.1, -0.05) is 12.1 Å². The number of para-hydroxylation sites is 1. The van der Waals surface area contributed by atoms with Crippen LogP contribution in [0.4, 0.5) is 10.8 Å². The SMILES string of the molecule is NC(C(=O)O)c1csc(Nc2ccccc2Br)n1. The third-order valence-corrected chi connectivity index (χ3v) is 3.69. The minimum Gasteiger partial charge on any atom is -0.480 e. The Labute approximate surface area is 116 Å². The zero-order chi connectivity index (χ0) is 13.1. The Balaban J connectivity index is 2.17. The average molecular weight is 328 g/mol. The Kier molecular flexibility index (Phi) is 3.95. The zero-order valence-electron chi connectivity index (χ0n) is 9.13. The molecular formula is C11H10BrN3O2S. The summed E-state index contributed by atoms with van der Waals surface area (Å²) in [5, 5.41) is 14.1. The number of aromatic nitrogens is 1. The van der Waals surface area contributed by atoms with Crippen molar-refractivity contribution in [3.63, 3.8) is 0 Å². The number of halogens is 1. The number of hydrogen-bond donors (Lipinski definition) is 3. The van der Waals surface area contributed by atoms with Crippen molar-refractivity contribution in [3.05, 3.63) is 39.8 Å². The predicted molar refractivity (Wildman–Crippen MR) is 74.1 cm³/mol. The Morgan fingerprint density at radius 3 is 2.89 bits per heavy atom. The summed E-state index contributed by atoms with van der Waals surface area (Å²) in [4.78, 5) is 14.9. The number of carboxylic acid groups (broad SMARTS) is 1. The Morgan fingerprint density at radius 2 is 2.22 bits per heavy atom. The van der Waals surface area contributed by atoms with E-state index in [1.54, 1.807) is 5.38 Å². The lowest BCUT2D eigenvalue weighted by Crippen LogP contribution is -2.20. The second-order valence-corrected chi connectivity index (χ2v) is 5.21. The summed E-state index contributed by atoms with van der Waals surface area (Å²) >= 11 is 4.72. The van der Waals surface area contributed by atoms with Gasteiger partial charge in [0.1, 0.15) is 6.04 Å². The van der Waals surface area contributed by atoms with E-state index in [0.717, 1.165) is 10.2 Å². The van der Waals surface area contributed by atoms with Gasteiger partial charge in [0, 0.05) is 9.85 Å². The maximum absolute atomic E-state index is 10.7. The molecule has 1 heterocycles. The van der Waals surface area contributed by atoms with Gasteiger partial charge in [-0.2, -0.15) is 0 Å². The van der Waals surface area contributed by atoms with Crippen molar-refractivity contribution in [2.75, 3.05) is 5.32 Å². The number of hydrogen-bond acceptors (Lipinski definition) is 5. The molecule has 0 spiro atoms. The molecule has 4 N–H and O–H groups in total. The Morgan fingerprint density at radius 1 is 1.50 bits per heavy atom. The molecule has 5 nitrogen and oxygen atoms in total. The number of aliphatic carboxylic acids is 1. The second kappa shape index (κ2) is 5.47. The maximum Gasteiger partial charge on any atom is 0.326 e. The molecule has 1 aromatic heterocycles. The third kappa shape index (κ3) is 2.87. The smallest absolute Gasteiger partial charge is 0.326 e. The van der Waals surface area contributed by atoms with Crippen molar-refractivity contribution in [3.8, 4) is 0 Å². The number of benzene rings is 1. The van der Waals surface area contributed by atoms with Gasteiger partial charge < -0.3 is 16.2 Å². The fourth-order valence-corrected chi connectivity index (χ4v) is 2.43. The highest BCUT2D eigenvalue weighted by Gasteiger charge is 2.17. The molecule has 2 rings (SSSR count). The van der Waals surface area contributed by atoms with Gasteiger partial charge in [-0.05, 0) is 28.1 Å². The summed E-state index contributed by atoms with van der Waals surface area (Å²) in [6.45, 7) is 0. The van der Waals surface area contributed by atoms with Crippen LogP contribution in [0.15, 0.2) is 34.1 Å². The third-order valence-electron chi connectivity index (χ3n) is 2.22. The van der Waals surface area contributed by atoms with Crippen LogP contribution < -0.4 is 11.1 Å². The van der Waals surface area contributed by atoms with E-state index in [1.807, 2.05) is 24.3 Å². The van der Waals surface area contributed by atoms with Crippen LogP contribution in [0.1, 0.15) is 11.7 Å². The van der Waals surface area contributed by atoms with Crippen molar-refractivity contribution in [2.45, 2.75) is 6.04 Å². The number of nitrogens with two attached hydrogens (primary N) is 1. The van der Waals surface area contributed by atoms with Crippen molar-refractivity contribution in [1.82, 2.24) is 4.98 Å². The van der Waals surface area contributed by atoms with E-state index in [1.165, 1.54) is 11.3 Å². The Hall–Kier alpha value is -1.44. The monoisotopic (exact) mass is 327 g/mol. The van der Waals surface area contributed by atoms with Gasteiger partial charge in [0.05, 0.1) is 11.4 Å². The molecule has 0 saturated heterocycles. The summed E-state index contributed by atoms with van der Waals surface area (Å²) < 4.78 is 0.907. The molecule has 18 heavy (non-hydrogen) atoms. The molecule has 94 valence electrons. The van der Waals surface area contributed by atoms with E-state index < -0.39 is 12.0 Å². The number of carbonyl (C=O) groups is 1. The van der Waals surface area contributed by atoms with Gasteiger partial charge >= 0.3 is 5.97 Å². The number of rotatable bonds is 4. The lowest BCUT2D eigenvalue weighted by Gasteiger charge is -2.04. The topological polar surface area (TPSA) is 88.2 Å². The van der Waals surface area contributed by atoms with Gasteiger partial charge in [0.15, 0.2) is 5.13 Å². The van der Waals surface area contributed by atoms with E-state index in [9.17, 15) is 4.79 Å². The van der Waals surface area contributed by atoms with Crippen LogP contribution in [0.3, 0.4) is 0 Å². The molecule has 0 bridgehead atoms. The number of anilines is 2. The number of nitrogens with zero attached hydrogens (tertiary/aromatic N) is 1. The highest BCUT2D eigenvalue weighted by molar-refractivity contribution is 9.10. The van der Waals surface area contributed by atoms with Crippen LogP contribution in [0.5, 0.6) is 0 Å². The summed E-state index contributed by atoms with van der Waals surface area (Å²) in [7, 11) is 0. The zero-order valence-corrected chi connectivity index (χ0v) is 11.5. The standard InChI is InChI=1S/C11H10BrN3O2S/c12-6-3-1-2-4-7(6)14-11-15-8(5-18-11)9(13)10(16)17/h1-5,9H,13H2,(H,14,15)(H,16,17). The van der Waals surface area contributed by atoms with Gasteiger partial charge in [-0.3, -0.25) is 4.79 Å². The van der Waals surface area contributed by atoms with Crippen molar-refractivity contribution in [1.29, 1.82) is 0 Å². The van der Waals surface area contributed by atoms with Gasteiger partial charge in [-0.15, -0.1) is 11.3 Å². The first-order valence-electron chi connectivity index (χ1n) is 5.03. The molecule has 0 aliphatic rings. The molecule has 7 heteroatoms. The number of nitrogens with one attached hydrogen (secondary N) is 1. The first-order valence-corrected chi connectivity index (χ1v) is 6.70. The maximum atomic E-state index is 10.7. The fourth-order valence-electron chi connectivity index (χ4n) is 1.29. The summed E-state index contributed by atoms with van der Waals surface area (Å²) in [5.74, 6) is -1.09. The van der Waals surface area contributed by atoms with Crippen molar-refractivity contribution in [2.24, 2.45) is 5.73 Å². The fraction of sp³-hybridized carbons (Fsp3) is 0.0909. The van der Waals surface area contributed by atoms with E-state index in [-0.39, 0.29) is 0 Å². The Bertz CT molecular complexity index is 573. The minimum atomic E-state index is -1.09. The van der Waals surface area contributed by atoms with Gasteiger partial charge in [0.25, 0.3) is 0 Å². The van der Waals surface area contributed by atoms with E-state index >= 15 is 0 Å². The first-order chi connectivity index (χ1) is 8.58. The van der Waals surface area contributed by atoms with Gasteiger partial charge in [-0.25, -0.2) is 4.98 Å². The summed E-state index contributed by atoms with van der Waals surface area (Å²) in [6.07, 6.45) is 0. The van der Waals surface area contributed by atoms with Crippen molar-refractivity contribution < 1.29 is 9.90 Å². The quantitative estimate of drug-likeness (QED) is 0.803. The predicted octanol–water partition coefficient (Wildman–Crippen LogP) is 2.73. The van der Waals surface area contributed by atoms with Crippen LogP contribution in [-0.4, -0.2) is 16.1 Å². The van der Waals surface area contributed by atoms with E-state index in [4.69, 9.17) is 10.8 Å². The highest BCUT2D eigenvalue weighted by Crippen LogP contribution is 2.28. The molecule has 1 aromatic carbocycles. The lowest BCUT2D eigenvalue weighted by molar-refractivity contribution is -0.138. The lowest BCUT2D eigenvalue weighted by atomic mass is 10.2. The van der Waals surface area contributed by atoms with Crippen LogP contribution in [0.25, 0.3) is 0 Å². The molecular weight excluding hydrogens is 318 g/mol. The average Bonchev–Trinajstić information content (AvgIpc) is 2.79. The van der Waals surface area contributed by atoms with Crippen LogP contribution in [0, 0.1) is 0 Å². The van der Waals surface area contributed by atoms with Gasteiger partial charge in [0.2, 0.25) is 0 Å². The molecule has 0 saturated carbocycles. The molecule has 0 amide bonds. The van der Waals surface area contributed by atoms with Crippen LogP contribution in [-0.2, 0) is 4.79 Å².